The number of phosphoric acid groups is 1. The third-order valence-electron chi connectivity index (χ3n) is 6.48. The number of carbonyl (C=O) groups is 1. The summed E-state index contributed by atoms with van der Waals surface area (Å²) in [5.41, 5.74) is 0. The van der Waals surface area contributed by atoms with Gasteiger partial charge in [-0.1, -0.05) is 151 Å². The predicted octanol–water partition coefficient (Wildman–Crippen LogP) is 10.0. The van der Waals surface area contributed by atoms with Gasteiger partial charge in [-0.2, -0.15) is 0 Å². The van der Waals surface area contributed by atoms with Crippen molar-refractivity contribution in [1.29, 1.82) is 0 Å². The Kier molecular flexibility index (Phi) is 29.5. The fourth-order valence-electron chi connectivity index (χ4n) is 4.21. The molecule has 0 bridgehead atoms. The zero-order chi connectivity index (χ0) is 28.2. The Morgan fingerprint density at radius 3 is 1.68 bits per heavy atom. The van der Waals surface area contributed by atoms with Crippen molar-refractivity contribution >= 4 is 40.6 Å². The van der Waals surface area contributed by atoms with Crippen LogP contribution in [0.1, 0.15) is 142 Å². The summed E-state index contributed by atoms with van der Waals surface area (Å²) >= 11 is 4.34. The minimum atomic E-state index is -4.13. The van der Waals surface area contributed by atoms with E-state index in [-0.39, 0.29) is 23.6 Å². The summed E-state index contributed by atoms with van der Waals surface area (Å²) in [5, 5.41) is 0.208. The van der Waals surface area contributed by atoms with E-state index in [1.807, 2.05) is 0 Å². The highest BCUT2D eigenvalue weighted by atomic mass is 79.9. The number of alkyl halides is 1. The zero-order valence-electron chi connectivity index (χ0n) is 24.5. The van der Waals surface area contributed by atoms with Crippen molar-refractivity contribution in [3.8, 4) is 0 Å². The molecule has 2 atom stereocenters. The largest absolute Gasteiger partial charge is 0.472 e. The van der Waals surface area contributed by atoms with Crippen LogP contribution < -0.4 is 0 Å². The standard InChI is InChI=1S/C29H58BrO6PS/c1-3-5-7-9-10-11-12-13-14-15-16-17-19-21-24-34-26-28(27-36-37(32,33)35-25-23-30)38-29(31)22-20-18-8-6-4-2/h28H,3-27H2,1-2H3,(H,32,33)/t28-/m1/s1. The average Bonchev–Trinajstić information content (AvgIpc) is 2.90. The van der Waals surface area contributed by atoms with E-state index in [0.717, 1.165) is 32.1 Å². The van der Waals surface area contributed by atoms with Crippen molar-refractivity contribution in [2.24, 2.45) is 0 Å². The van der Waals surface area contributed by atoms with E-state index >= 15 is 0 Å². The van der Waals surface area contributed by atoms with E-state index in [9.17, 15) is 14.3 Å². The van der Waals surface area contributed by atoms with Crippen LogP contribution in [0.4, 0.5) is 0 Å². The van der Waals surface area contributed by atoms with Crippen molar-refractivity contribution in [1.82, 2.24) is 0 Å². The monoisotopic (exact) mass is 644 g/mol. The summed E-state index contributed by atoms with van der Waals surface area (Å²) in [4.78, 5) is 22.3. The average molecular weight is 646 g/mol. The SMILES string of the molecule is CCCCCCCCCCCCCCCCOC[C@H](COP(=O)(O)OCCBr)SC(=O)CCCCCCC. The molecular formula is C29H58BrO6PS. The highest BCUT2D eigenvalue weighted by Gasteiger charge is 2.24. The van der Waals surface area contributed by atoms with Crippen LogP contribution in [0.15, 0.2) is 0 Å². The fourth-order valence-corrected chi connectivity index (χ4v) is 6.42. The van der Waals surface area contributed by atoms with E-state index in [2.05, 4.69) is 29.8 Å². The number of ether oxygens (including phenoxy) is 1. The maximum absolute atomic E-state index is 12.4. The van der Waals surface area contributed by atoms with Crippen molar-refractivity contribution in [2.45, 2.75) is 148 Å². The van der Waals surface area contributed by atoms with Gasteiger partial charge in [0.25, 0.3) is 0 Å². The van der Waals surface area contributed by atoms with E-state index in [4.69, 9.17) is 13.8 Å². The molecule has 0 aliphatic heterocycles. The molecule has 0 spiro atoms. The minimum Gasteiger partial charge on any atom is -0.380 e. The normalized spacial score (nSPS) is 14.0. The highest BCUT2D eigenvalue weighted by Crippen LogP contribution is 2.43. The predicted molar refractivity (Wildman–Crippen MR) is 166 cm³/mol. The summed E-state index contributed by atoms with van der Waals surface area (Å²) in [5.74, 6) is 0. The van der Waals surface area contributed by atoms with Crippen LogP contribution in [0.5, 0.6) is 0 Å². The van der Waals surface area contributed by atoms with Gasteiger partial charge in [-0.15, -0.1) is 0 Å². The number of carbonyl (C=O) groups excluding carboxylic acids is 1. The van der Waals surface area contributed by atoms with Gasteiger partial charge in [0.05, 0.1) is 25.1 Å². The second-order valence-electron chi connectivity index (χ2n) is 10.2. The van der Waals surface area contributed by atoms with Crippen LogP contribution in [-0.4, -0.2) is 47.0 Å². The first-order chi connectivity index (χ1) is 18.4. The van der Waals surface area contributed by atoms with E-state index in [0.29, 0.717) is 25.0 Å². The number of unbranched alkanes of at least 4 members (excludes halogenated alkanes) is 17. The lowest BCUT2D eigenvalue weighted by atomic mass is 10.0. The summed E-state index contributed by atoms with van der Waals surface area (Å²) < 4.78 is 27.9. The van der Waals surface area contributed by atoms with Gasteiger partial charge in [-0.3, -0.25) is 13.8 Å². The Morgan fingerprint density at radius 1 is 0.711 bits per heavy atom. The van der Waals surface area contributed by atoms with E-state index in [1.54, 1.807) is 0 Å². The van der Waals surface area contributed by atoms with Crippen LogP contribution in [0.2, 0.25) is 0 Å². The van der Waals surface area contributed by atoms with Crippen molar-refractivity contribution in [3.05, 3.63) is 0 Å². The number of hydrogen-bond donors (Lipinski definition) is 1. The Bertz CT molecular complexity index is 569. The first-order valence-corrected chi connectivity index (χ1v) is 18.9. The topological polar surface area (TPSA) is 82.1 Å². The van der Waals surface area contributed by atoms with Crippen LogP contribution in [-0.2, 0) is 23.1 Å². The van der Waals surface area contributed by atoms with E-state index < -0.39 is 7.82 Å². The molecule has 0 aliphatic carbocycles. The summed E-state index contributed by atoms with van der Waals surface area (Å²) in [6, 6.07) is 0. The number of hydrogen-bond acceptors (Lipinski definition) is 6. The molecule has 38 heavy (non-hydrogen) atoms. The Balaban J connectivity index is 4.00. The lowest BCUT2D eigenvalue weighted by molar-refractivity contribution is -0.111. The molecule has 0 aliphatic rings. The molecular weight excluding hydrogens is 587 g/mol. The van der Waals surface area contributed by atoms with Crippen LogP contribution >= 0.6 is 35.5 Å². The number of thioether (sulfide) groups is 1. The maximum Gasteiger partial charge on any atom is 0.472 e. The Hall–Kier alpha value is 0.570. The lowest BCUT2D eigenvalue weighted by Gasteiger charge is -2.18. The molecule has 0 heterocycles. The van der Waals surface area contributed by atoms with Gasteiger partial charge in [0.15, 0.2) is 5.12 Å². The Morgan fingerprint density at radius 2 is 1.18 bits per heavy atom. The first kappa shape index (κ1) is 38.6. The molecule has 1 unspecified atom stereocenters. The molecule has 0 aromatic carbocycles. The summed E-state index contributed by atoms with van der Waals surface area (Å²) in [7, 11) is -4.13. The quantitative estimate of drug-likeness (QED) is 0.0473. The number of halogens is 1. The molecule has 0 aromatic rings. The Labute approximate surface area is 247 Å². The number of rotatable bonds is 30. The molecule has 0 amide bonds. The van der Waals surface area contributed by atoms with Crippen molar-refractivity contribution < 1.29 is 28.0 Å². The highest BCUT2D eigenvalue weighted by molar-refractivity contribution is 9.09. The van der Waals surface area contributed by atoms with Crippen molar-refractivity contribution in [2.75, 3.05) is 31.8 Å². The molecule has 228 valence electrons. The lowest BCUT2D eigenvalue weighted by Crippen LogP contribution is -2.21. The molecule has 0 saturated heterocycles. The molecule has 0 saturated carbocycles. The first-order valence-electron chi connectivity index (χ1n) is 15.4. The number of phosphoric ester groups is 1. The van der Waals surface area contributed by atoms with Crippen molar-refractivity contribution in [3.63, 3.8) is 0 Å². The second-order valence-corrected chi connectivity index (χ2v) is 13.8. The zero-order valence-corrected chi connectivity index (χ0v) is 27.8. The maximum atomic E-state index is 12.4. The third-order valence-corrected chi connectivity index (χ3v) is 8.86. The molecule has 0 radical (unpaired) electrons. The third kappa shape index (κ3) is 28.1. The fraction of sp³-hybridized carbons (Fsp3) is 0.966. The van der Waals surface area contributed by atoms with E-state index in [1.165, 1.54) is 102 Å². The molecule has 1 N–H and O–H groups in total. The second kappa shape index (κ2) is 29.1. The van der Waals surface area contributed by atoms with Crippen LogP contribution in [0, 0.1) is 0 Å². The molecule has 9 heteroatoms. The van der Waals surface area contributed by atoms with Gasteiger partial charge in [0.1, 0.15) is 0 Å². The smallest absolute Gasteiger partial charge is 0.380 e. The van der Waals surface area contributed by atoms with Gasteiger partial charge < -0.3 is 9.63 Å². The minimum absolute atomic E-state index is 0.0545. The van der Waals surface area contributed by atoms with Gasteiger partial charge in [0.2, 0.25) is 0 Å². The summed E-state index contributed by atoms with van der Waals surface area (Å²) in [6.45, 7) is 5.43. The van der Waals surface area contributed by atoms with Gasteiger partial charge in [-0.05, 0) is 12.8 Å². The molecule has 6 nitrogen and oxygen atoms in total. The molecule has 0 aromatic heterocycles. The molecule has 0 fully saturated rings. The van der Waals surface area contributed by atoms with Crippen LogP contribution in [0.25, 0.3) is 0 Å². The summed E-state index contributed by atoms with van der Waals surface area (Å²) in [6.07, 6.45) is 24.4. The molecule has 0 rings (SSSR count). The van der Waals surface area contributed by atoms with Gasteiger partial charge >= 0.3 is 7.82 Å². The van der Waals surface area contributed by atoms with Crippen LogP contribution in [0.3, 0.4) is 0 Å². The van der Waals surface area contributed by atoms with Gasteiger partial charge in [0, 0.05) is 18.4 Å². The van der Waals surface area contributed by atoms with Gasteiger partial charge in [-0.25, -0.2) is 4.57 Å².